The summed E-state index contributed by atoms with van der Waals surface area (Å²) < 4.78 is 0. The number of nitrogens with one attached hydrogen (secondary N) is 4. The monoisotopic (exact) mass is 814 g/mol. The van der Waals surface area contributed by atoms with Crippen LogP contribution in [0.3, 0.4) is 0 Å². The molecule has 0 unspecified atom stereocenters. The van der Waals surface area contributed by atoms with Crippen LogP contribution >= 0.6 is 11.6 Å². The van der Waals surface area contributed by atoms with Crippen molar-refractivity contribution in [1.29, 1.82) is 5.41 Å². The second kappa shape index (κ2) is 24.6. The molecule has 2 amide bonds. The van der Waals surface area contributed by atoms with Crippen molar-refractivity contribution >= 4 is 51.8 Å². The van der Waals surface area contributed by atoms with E-state index in [1.165, 1.54) is 5.56 Å². The molecule has 14 N–H and O–H groups in total. The van der Waals surface area contributed by atoms with Crippen molar-refractivity contribution in [2.75, 3.05) is 44.2 Å². The van der Waals surface area contributed by atoms with Crippen molar-refractivity contribution in [2.24, 2.45) is 5.73 Å². The minimum absolute atomic E-state index is 0.0848. The lowest BCUT2D eigenvalue weighted by Gasteiger charge is -2.31. The summed E-state index contributed by atoms with van der Waals surface area (Å²) in [7, 11) is 0. The maximum atomic E-state index is 12.4. The summed E-state index contributed by atoms with van der Waals surface area (Å²) in [6.45, 7) is 6.35. The first kappa shape index (κ1) is 47.2. The van der Waals surface area contributed by atoms with Gasteiger partial charge in [0.05, 0.1) is 18.2 Å². The number of primary amides is 1. The van der Waals surface area contributed by atoms with Gasteiger partial charge in [0.2, 0.25) is 5.91 Å². The number of fused-ring (bicyclic) bond motifs is 1. The molecule has 3 aromatic rings. The standard InChI is InChI=1S/C40H63ClN10O6/c1-3-5-6-9-20-51(24-31(53)34(55)33(54)30(52)4-2)21-10-19-46-29(38(44)56)17-14-26-13-16-27-22-25(12-15-28(27)23-26)11-7-8-18-47-40(45)50-39(57)32-36(42)49-37(43)35(41)48-32/h12-13,15-16,22-23,29-31,33-34,46,52-55H,3-11,14,17-21,24H2,1-2H3,(H2,44,56)(H4,42,43,49)(H3,45,47,50,57)/t29-,30+,31-,33+,34+/m0/s1. The Labute approximate surface area is 340 Å². The second-order valence-corrected chi connectivity index (χ2v) is 14.9. The highest BCUT2D eigenvalue weighted by atomic mass is 35.5. The number of aryl methyl sites for hydroxylation is 2. The molecule has 16 nitrogen and oxygen atoms in total. The van der Waals surface area contributed by atoms with Crippen LogP contribution in [-0.4, -0.2) is 116 Å². The highest BCUT2D eigenvalue weighted by Gasteiger charge is 2.30. The van der Waals surface area contributed by atoms with Gasteiger partial charge in [0.25, 0.3) is 5.91 Å². The number of anilines is 2. The lowest BCUT2D eigenvalue weighted by Crippen LogP contribution is -2.49. The minimum Gasteiger partial charge on any atom is -0.390 e. The van der Waals surface area contributed by atoms with Crippen molar-refractivity contribution < 1.29 is 30.0 Å². The number of hydrogen-bond donors (Lipinski definition) is 11. The Hall–Kier alpha value is -4.16. The molecule has 316 valence electrons. The van der Waals surface area contributed by atoms with Gasteiger partial charge in [-0.1, -0.05) is 81.1 Å². The lowest BCUT2D eigenvalue weighted by atomic mass is 9.98. The van der Waals surface area contributed by atoms with Gasteiger partial charge in [0, 0.05) is 13.1 Å². The molecule has 0 saturated carbocycles. The molecule has 0 fully saturated rings. The molecular formula is C40H63ClN10O6. The Morgan fingerprint density at radius 1 is 0.825 bits per heavy atom. The van der Waals surface area contributed by atoms with Crippen LogP contribution in [0.15, 0.2) is 36.4 Å². The predicted octanol–water partition coefficient (Wildman–Crippen LogP) is 2.23. The number of aliphatic hydroxyl groups is 4. The van der Waals surface area contributed by atoms with E-state index in [2.05, 4.69) is 74.1 Å². The lowest BCUT2D eigenvalue weighted by molar-refractivity contribution is -0.120. The van der Waals surface area contributed by atoms with Crippen molar-refractivity contribution in [2.45, 2.75) is 115 Å². The summed E-state index contributed by atoms with van der Waals surface area (Å²) in [4.78, 5) is 34.4. The van der Waals surface area contributed by atoms with E-state index in [9.17, 15) is 30.0 Å². The first-order valence-electron chi connectivity index (χ1n) is 19.9. The van der Waals surface area contributed by atoms with Crippen LogP contribution in [0.4, 0.5) is 11.6 Å². The van der Waals surface area contributed by atoms with E-state index in [0.717, 1.165) is 67.8 Å². The van der Waals surface area contributed by atoms with Gasteiger partial charge in [0.1, 0.15) is 12.2 Å². The molecule has 17 heteroatoms. The van der Waals surface area contributed by atoms with Crippen LogP contribution in [0.1, 0.15) is 93.3 Å². The van der Waals surface area contributed by atoms with Gasteiger partial charge in [-0.25, -0.2) is 9.97 Å². The fourth-order valence-corrected chi connectivity index (χ4v) is 6.64. The van der Waals surface area contributed by atoms with Gasteiger partial charge in [-0.3, -0.25) is 20.3 Å². The quantitative estimate of drug-likeness (QED) is 0.0316. The molecule has 3 rings (SSSR count). The van der Waals surface area contributed by atoms with Gasteiger partial charge in [0.15, 0.2) is 28.4 Å². The summed E-state index contributed by atoms with van der Waals surface area (Å²) in [5.41, 5.74) is 19.1. The van der Waals surface area contributed by atoms with Gasteiger partial charge in [-0.05, 0) is 92.9 Å². The average Bonchev–Trinajstić information content (AvgIpc) is 3.18. The number of rotatable bonds is 26. The third kappa shape index (κ3) is 16.0. The first-order chi connectivity index (χ1) is 27.2. The van der Waals surface area contributed by atoms with Crippen molar-refractivity contribution in [1.82, 2.24) is 30.8 Å². The topological polar surface area (TPSA) is 282 Å². The fourth-order valence-electron chi connectivity index (χ4n) is 6.51. The molecule has 1 heterocycles. The zero-order chi connectivity index (χ0) is 41.9. The number of aromatic nitrogens is 2. The van der Waals surface area contributed by atoms with E-state index >= 15 is 0 Å². The van der Waals surface area contributed by atoms with Crippen LogP contribution < -0.4 is 33.2 Å². The number of carbonyl (C=O) groups excluding carboxylic acids is 2. The predicted molar refractivity (Wildman–Crippen MR) is 225 cm³/mol. The number of hydrogen-bond acceptors (Lipinski definition) is 13. The van der Waals surface area contributed by atoms with Crippen LogP contribution in [0.5, 0.6) is 0 Å². The fraction of sp³-hybridized carbons (Fsp3) is 0.575. The number of nitrogens with zero attached hydrogens (tertiary/aromatic N) is 3. The van der Waals surface area contributed by atoms with E-state index in [1.807, 2.05) is 0 Å². The van der Waals surface area contributed by atoms with Crippen molar-refractivity contribution in [3.05, 3.63) is 58.4 Å². The highest BCUT2D eigenvalue weighted by Crippen LogP contribution is 2.21. The minimum atomic E-state index is -1.46. The Kier molecular flexibility index (Phi) is 20.4. The average molecular weight is 815 g/mol. The third-order valence-corrected chi connectivity index (χ3v) is 10.2. The molecule has 2 aromatic carbocycles. The van der Waals surface area contributed by atoms with Gasteiger partial charge in [-0.15, -0.1) is 0 Å². The largest absolute Gasteiger partial charge is 0.390 e. The zero-order valence-electron chi connectivity index (χ0n) is 33.2. The first-order valence-corrected chi connectivity index (χ1v) is 20.3. The second-order valence-electron chi connectivity index (χ2n) is 14.5. The Morgan fingerprint density at radius 3 is 2.12 bits per heavy atom. The number of benzene rings is 2. The Bertz CT molecular complexity index is 1740. The summed E-state index contributed by atoms with van der Waals surface area (Å²) >= 11 is 5.84. The number of aliphatic hydroxyl groups excluding tert-OH is 4. The Morgan fingerprint density at radius 2 is 1.47 bits per heavy atom. The molecule has 1 aromatic heterocycles. The van der Waals surface area contributed by atoms with Gasteiger partial charge in [-0.2, -0.15) is 0 Å². The molecule has 0 aliphatic carbocycles. The molecule has 0 spiro atoms. The summed E-state index contributed by atoms with van der Waals surface area (Å²) in [5.74, 6) is -1.59. The maximum Gasteiger partial charge on any atom is 0.280 e. The number of amides is 2. The smallest absolute Gasteiger partial charge is 0.280 e. The molecular weight excluding hydrogens is 752 g/mol. The van der Waals surface area contributed by atoms with E-state index in [4.69, 9.17) is 34.2 Å². The molecule has 0 radical (unpaired) electrons. The van der Waals surface area contributed by atoms with Crippen LogP contribution in [0, 0.1) is 5.41 Å². The van der Waals surface area contributed by atoms with Crippen LogP contribution in [-0.2, 0) is 17.6 Å². The zero-order valence-corrected chi connectivity index (χ0v) is 34.0. The molecule has 0 saturated heterocycles. The van der Waals surface area contributed by atoms with E-state index < -0.39 is 42.3 Å². The molecule has 57 heavy (non-hydrogen) atoms. The maximum absolute atomic E-state index is 12.4. The SMILES string of the molecule is CCCCCCN(CCCN[C@@H](CCc1ccc2cc(CCCCNC(=N)NC(=O)c3nc(Cl)c(N)nc3N)ccc2c1)C(N)=O)C[C@H](O)[C@@H](O)[C@H](O)[C@H](O)CC. The summed E-state index contributed by atoms with van der Waals surface area (Å²) in [5, 5.41) is 59.8. The molecule has 5 atom stereocenters. The molecule has 0 aliphatic heterocycles. The van der Waals surface area contributed by atoms with E-state index in [1.54, 1.807) is 6.92 Å². The van der Waals surface area contributed by atoms with Crippen LogP contribution in [0.2, 0.25) is 5.15 Å². The summed E-state index contributed by atoms with van der Waals surface area (Å²) in [6, 6.07) is 12.1. The summed E-state index contributed by atoms with van der Waals surface area (Å²) in [6.07, 6.45) is 3.60. The van der Waals surface area contributed by atoms with Crippen molar-refractivity contribution in [3.63, 3.8) is 0 Å². The van der Waals surface area contributed by atoms with Gasteiger partial charge >= 0.3 is 0 Å². The number of halogens is 1. The van der Waals surface area contributed by atoms with Crippen LogP contribution in [0.25, 0.3) is 10.8 Å². The molecule has 0 aliphatic rings. The number of carbonyl (C=O) groups is 2. The van der Waals surface area contributed by atoms with Gasteiger partial charge < -0.3 is 53.2 Å². The normalized spacial score (nSPS) is 14.2. The number of nitrogen functional groups attached to an aromatic ring is 2. The van der Waals surface area contributed by atoms with E-state index in [0.29, 0.717) is 38.9 Å². The van der Waals surface area contributed by atoms with Crippen molar-refractivity contribution in [3.8, 4) is 0 Å². The highest BCUT2D eigenvalue weighted by molar-refractivity contribution is 6.31. The number of nitrogens with two attached hydrogens (primary N) is 3. The van der Waals surface area contributed by atoms with E-state index in [-0.39, 0.29) is 41.4 Å². The Balaban J connectivity index is 1.42. The number of unbranched alkanes of at least 4 members (excludes halogenated alkanes) is 4. The molecule has 0 bridgehead atoms. The third-order valence-electron chi connectivity index (χ3n) is 9.96. The number of guanidine groups is 1.